The highest BCUT2D eigenvalue weighted by Crippen LogP contribution is 2.18. The van der Waals surface area contributed by atoms with Crippen LogP contribution in [0.2, 0.25) is 0 Å². The molecule has 0 aromatic carbocycles. The zero-order valence-corrected chi connectivity index (χ0v) is 20.2. The lowest BCUT2D eigenvalue weighted by Gasteiger charge is -2.34. The van der Waals surface area contributed by atoms with Crippen LogP contribution in [0.25, 0.3) is 0 Å². The quantitative estimate of drug-likeness (QED) is 0.329. The van der Waals surface area contributed by atoms with Crippen LogP contribution in [-0.2, 0) is 4.74 Å². The van der Waals surface area contributed by atoms with Gasteiger partial charge < -0.3 is 25.2 Å². The number of ether oxygens (including phenoxy) is 1. The molecule has 7 nitrogen and oxygen atoms in total. The maximum Gasteiger partial charge on any atom is 0.191 e. The van der Waals surface area contributed by atoms with Crippen molar-refractivity contribution in [1.82, 2.24) is 20.5 Å². The average molecular weight is 516 g/mol. The number of hydrogen-bond acceptors (Lipinski definition) is 5. The number of likely N-dealkylation sites (tertiary alicyclic amines) is 1. The molecular formula is C21H37IN6O. The summed E-state index contributed by atoms with van der Waals surface area (Å²) in [5, 5.41) is 7.18. The third-order valence-electron chi connectivity index (χ3n) is 5.91. The van der Waals surface area contributed by atoms with Crippen LogP contribution >= 0.6 is 24.0 Å². The van der Waals surface area contributed by atoms with Crippen molar-refractivity contribution in [2.24, 2.45) is 10.9 Å². The number of anilines is 1. The van der Waals surface area contributed by atoms with E-state index in [1.54, 1.807) is 7.11 Å². The predicted molar refractivity (Wildman–Crippen MR) is 130 cm³/mol. The normalized spacial score (nSPS) is 19.7. The minimum atomic E-state index is 0. The summed E-state index contributed by atoms with van der Waals surface area (Å²) >= 11 is 0. The Bertz CT molecular complexity index is 586. The van der Waals surface area contributed by atoms with E-state index in [1.807, 2.05) is 19.3 Å². The molecule has 0 radical (unpaired) electrons. The van der Waals surface area contributed by atoms with E-state index in [-0.39, 0.29) is 24.0 Å². The van der Waals surface area contributed by atoms with Crippen LogP contribution in [0.15, 0.2) is 29.4 Å². The second-order valence-corrected chi connectivity index (χ2v) is 7.82. The molecule has 1 aromatic rings. The van der Waals surface area contributed by atoms with Crippen molar-refractivity contribution < 1.29 is 4.74 Å². The van der Waals surface area contributed by atoms with Gasteiger partial charge in [-0.1, -0.05) is 6.07 Å². The molecule has 0 amide bonds. The Labute approximate surface area is 192 Å². The number of hydrogen-bond donors (Lipinski definition) is 2. The fraction of sp³-hybridized carbons (Fsp3) is 0.714. The highest BCUT2D eigenvalue weighted by atomic mass is 127. The van der Waals surface area contributed by atoms with Crippen LogP contribution < -0.4 is 15.5 Å². The van der Waals surface area contributed by atoms with Gasteiger partial charge in [-0.2, -0.15) is 0 Å². The first-order chi connectivity index (χ1) is 13.8. The van der Waals surface area contributed by atoms with Crippen LogP contribution in [0.1, 0.15) is 25.7 Å². The SMILES string of the molecule is CN=C(NCC1CCN(CCOC)CC1)NC1CCN(c2ccccn2)CC1.I. The van der Waals surface area contributed by atoms with Crippen LogP contribution in [0.5, 0.6) is 0 Å². The molecular weight excluding hydrogens is 479 g/mol. The smallest absolute Gasteiger partial charge is 0.191 e. The number of nitrogens with zero attached hydrogens (tertiary/aromatic N) is 4. The zero-order chi connectivity index (χ0) is 19.6. The zero-order valence-electron chi connectivity index (χ0n) is 17.8. The lowest BCUT2D eigenvalue weighted by molar-refractivity contribution is 0.121. The molecule has 0 saturated carbocycles. The van der Waals surface area contributed by atoms with E-state index in [2.05, 4.69) is 42.5 Å². The number of guanidine groups is 1. The summed E-state index contributed by atoms with van der Waals surface area (Å²) in [5.41, 5.74) is 0. The Hall–Kier alpha value is -1.13. The highest BCUT2D eigenvalue weighted by Gasteiger charge is 2.22. The Morgan fingerprint density at radius 1 is 1.17 bits per heavy atom. The maximum atomic E-state index is 5.18. The fourth-order valence-electron chi connectivity index (χ4n) is 4.06. The standard InChI is InChI=1S/C21H36N6O.HI/c1-22-21(24-17-18-6-11-26(12-7-18)15-16-28-2)25-19-8-13-27(14-9-19)20-5-3-4-10-23-20;/h3-5,10,18-19H,6-9,11-17H2,1-2H3,(H2,22,24,25);1H. The van der Waals surface area contributed by atoms with Gasteiger partial charge in [-0.3, -0.25) is 4.99 Å². The third-order valence-corrected chi connectivity index (χ3v) is 5.91. The topological polar surface area (TPSA) is 65.0 Å². The van der Waals surface area contributed by atoms with Crippen LogP contribution in [0.3, 0.4) is 0 Å². The summed E-state index contributed by atoms with van der Waals surface area (Å²) in [6, 6.07) is 6.59. The van der Waals surface area contributed by atoms with E-state index in [0.717, 1.165) is 63.3 Å². The molecule has 164 valence electrons. The molecule has 1 aromatic heterocycles. The largest absolute Gasteiger partial charge is 0.383 e. The van der Waals surface area contributed by atoms with E-state index < -0.39 is 0 Å². The number of piperidine rings is 2. The molecule has 8 heteroatoms. The number of aromatic nitrogens is 1. The molecule has 0 atom stereocenters. The predicted octanol–water partition coefficient (Wildman–Crippen LogP) is 2.19. The van der Waals surface area contributed by atoms with Crippen molar-refractivity contribution >= 4 is 35.8 Å². The van der Waals surface area contributed by atoms with Gasteiger partial charge in [0.25, 0.3) is 0 Å². The molecule has 0 aliphatic carbocycles. The van der Waals surface area contributed by atoms with Crippen molar-refractivity contribution in [1.29, 1.82) is 0 Å². The summed E-state index contributed by atoms with van der Waals surface area (Å²) in [6.45, 7) is 7.30. The number of pyridine rings is 1. The Morgan fingerprint density at radius 3 is 2.55 bits per heavy atom. The molecule has 2 aliphatic rings. The molecule has 29 heavy (non-hydrogen) atoms. The van der Waals surface area contributed by atoms with Gasteiger partial charge in [0.2, 0.25) is 0 Å². The van der Waals surface area contributed by atoms with Gasteiger partial charge in [0.1, 0.15) is 5.82 Å². The summed E-state index contributed by atoms with van der Waals surface area (Å²) in [4.78, 5) is 13.8. The van der Waals surface area contributed by atoms with Gasteiger partial charge in [0, 0.05) is 52.6 Å². The number of rotatable bonds is 7. The van der Waals surface area contributed by atoms with Gasteiger partial charge in [-0.15, -0.1) is 24.0 Å². The molecule has 2 N–H and O–H groups in total. The van der Waals surface area contributed by atoms with Gasteiger partial charge in [0.05, 0.1) is 6.61 Å². The van der Waals surface area contributed by atoms with Crippen molar-refractivity contribution in [3.8, 4) is 0 Å². The van der Waals surface area contributed by atoms with Crippen molar-refractivity contribution in [3.63, 3.8) is 0 Å². The van der Waals surface area contributed by atoms with Crippen molar-refractivity contribution in [2.75, 3.05) is 64.9 Å². The summed E-state index contributed by atoms with van der Waals surface area (Å²) in [7, 11) is 3.64. The molecule has 3 rings (SSSR count). The minimum absolute atomic E-state index is 0. The minimum Gasteiger partial charge on any atom is -0.383 e. The molecule has 2 aliphatic heterocycles. The van der Waals surface area contributed by atoms with Crippen LogP contribution in [-0.4, -0.2) is 81.9 Å². The number of halogens is 1. The number of methoxy groups -OCH3 is 1. The lowest BCUT2D eigenvalue weighted by Crippen LogP contribution is -2.50. The molecule has 2 fully saturated rings. The van der Waals surface area contributed by atoms with Gasteiger partial charge in [-0.25, -0.2) is 4.98 Å². The molecule has 0 bridgehead atoms. The second kappa shape index (κ2) is 13.2. The molecule has 0 unspecified atom stereocenters. The Kier molecular flexibility index (Phi) is 11.0. The monoisotopic (exact) mass is 516 g/mol. The first-order valence-corrected chi connectivity index (χ1v) is 10.6. The summed E-state index contributed by atoms with van der Waals surface area (Å²) in [5.74, 6) is 2.75. The van der Waals surface area contributed by atoms with Gasteiger partial charge >= 0.3 is 0 Å². The van der Waals surface area contributed by atoms with Gasteiger partial charge in [0.15, 0.2) is 5.96 Å². The maximum absolute atomic E-state index is 5.18. The first kappa shape index (κ1) is 24.1. The summed E-state index contributed by atoms with van der Waals surface area (Å²) < 4.78 is 5.18. The van der Waals surface area contributed by atoms with Crippen LogP contribution in [0, 0.1) is 5.92 Å². The second-order valence-electron chi connectivity index (χ2n) is 7.82. The van der Waals surface area contributed by atoms with E-state index >= 15 is 0 Å². The number of nitrogens with one attached hydrogen (secondary N) is 2. The lowest BCUT2D eigenvalue weighted by atomic mass is 9.97. The average Bonchev–Trinajstić information content (AvgIpc) is 2.77. The van der Waals surface area contributed by atoms with E-state index in [1.165, 1.54) is 25.9 Å². The first-order valence-electron chi connectivity index (χ1n) is 10.6. The van der Waals surface area contributed by atoms with Crippen molar-refractivity contribution in [2.45, 2.75) is 31.7 Å². The Balaban J connectivity index is 0.00000300. The molecule has 2 saturated heterocycles. The van der Waals surface area contributed by atoms with Crippen LogP contribution in [0.4, 0.5) is 5.82 Å². The molecule has 3 heterocycles. The van der Waals surface area contributed by atoms with E-state index in [0.29, 0.717) is 6.04 Å². The summed E-state index contributed by atoms with van der Waals surface area (Å²) in [6.07, 6.45) is 6.57. The Morgan fingerprint density at radius 2 is 1.93 bits per heavy atom. The molecule has 0 spiro atoms. The van der Waals surface area contributed by atoms with Gasteiger partial charge in [-0.05, 0) is 56.8 Å². The fourth-order valence-corrected chi connectivity index (χ4v) is 4.06. The van der Waals surface area contributed by atoms with E-state index in [4.69, 9.17) is 4.74 Å². The van der Waals surface area contributed by atoms with E-state index in [9.17, 15) is 0 Å². The highest BCUT2D eigenvalue weighted by molar-refractivity contribution is 14.0. The number of aliphatic imine (C=N–C) groups is 1. The third kappa shape index (κ3) is 7.90. The van der Waals surface area contributed by atoms with Crippen molar-refractivity contribution in [3.05, 3.63) is 24.4 Å².